The molecule has 0 aliphatic carbocycles. The summed E-state index contributed by atoms with van der Waals surface area (Å²) in [5, 5.41) is 0. The Labute approximate surface area is 134 Å². The molecule has 23 heavy (non-hydrogen) atoms. The predicted molar refractivity (Wildman–Crippen MR) is 83.2 cm³/mol. The van der Waals surface area contributed by atoms with E-state index in [0.717, 1.165) is 0 Å². The van der Waals surface area contributed by atoms with Crippen LogP contribution in [-0.4, -0.2) is 22.1 Å². The maximum absolute atomic E-state index is 13.5. The third-order valence-electron chi connectivity index (χ3n) is 3.30. The summed E-state index contributed by atoms with van der Waals surface area (Å²) in [5.41, 5.74) is 0.598. The van der Waals surface area contributed by atoms with Gasteiger partial charge in [0.2, 0.25) is 10.0 Å². The lowest BCUT2D eigenvalue weighted by Crippen LogP contribution is -2.30. The van der Waals surface area contributed by atoms with Crippen molar-refractivity contribution in [2.75, 3.05) is 13.7 Å². The second-order valence-corrected chi connectivity index (χ2v) is 6.79. The molecule has 0 amide bonds. The Morgan fingerprint density at radius 3 is 2.52 bits per heavy atom. The first kappa shape index (κ1) is 17.5. The Morgan fingerprint density at radius 2 is 1.87 bits per heavy atom. The first-order valence-electron chi connectivity index (χ1n) is 6.90. The second-order valence-electron chi connectivity index (χ2n) is 4.98. The summed E-state index contributed by atoms with van der Waals surface area (Å²) in [6.07, 6.45) is -0.638. The molecule has 7 heteroatoms. The van der Waals surface area contributed by atoms with Gasteiger partial charge in [-0.25, -0.2) is 21.9 Å². The molecule has 1 unspecified atom stereocenters. The van der Waals surface area contributed by atoms with Crippen molar-refractivity contribution in [3.05, 3.63) is 71.3 Å². The van der Waals surface area contributed by atoms with E-state index in [1.807, 2.05) is 0 Å². The molecule has 0 fully saturated rings. The summed E-state index contributed by atoms with van der Waals surface area (Å²) in [6.45, 7) is -0.0727. The van der Waals surface area contributed by atoms with Crippen LogP contribution in [0.2, 0.25) is 0 Å². The van der Waals surface area contributed by atoms with Crippen LogP contribution in [0, 0.1) is 11.6 Å². The molecule has 0 aromatic heterocycles. The lowest BCUT2D eigenvalue weighted by molar-refractivity contribution is 0.107. The number of methoxy groups -OCH3 is 1. The van der Waals surface area contributed by atoms with E-state index < -0.39 is 33.5 Å². The Bertz CT molecular complexity index is 765. The summed E-state index contributed by atoms with van der Waals surface area (Å²) >= 11 is 0. The van der Waals surface area contributed by atoms with Crippen LogP contribution in [0.3, 0.4) is 0 Å². The minimum atomic E-state index is -3.74. The number of rotatable bonds is 7. The molecule has 1 N–H and O–H groups in total. The molecule has 2 aromatic carbocycles. The minimum Gasteiger partial charge on any atom is -0.375 e. The second kappa shape index (κ2) is 7.63. The molecule has 2 aromatic rings. The van der Waals surface area contributed by atoms with Gasteiger partial charge in [0.25, 0.3) is 0 Å². The highest BCUT2D eigenvalue weighted by Crippen LogP contribution is 2.17. The zero-order valence-electron chi connectivity index (χ0n) is 12.5. The topological polar surface area (TPSA) is 55.4 Å². The Balaban J connectivity index is 2.04. The molecule has 0 spiro atoms. The monoisotopic (exact) mass is 341 g/mol. The van der Waals surface area contributed by atoms with E-state index in [4.69, 9.17) is 4.74 Å². The number of ether oxygens (including phenoxy) is 1. The Kier molecular flexibility index (Phi) is 5.81. The Hall–Kier alpha value is -1.83. The van der Waals surface area contributed by atoms with Crippen LogP contribution < -0.4 is 4.72 Å². The van der Waals surface area contributed by atoms with E-state index in [2.05, 4.69) is 4.72 Å². The molecule has 0 saturated carbocycles. The molecule has 0 bridgehead atoms. The highest BCUT2D eigenvalue weighted by atomic mass is 32.2. The van der Waals surface area contributed by atoms with Gasteiger partial charge in [-0.2, -0.15) is 0 Å². The van der Waals surface area contributed by atoms with Crippen LogP contribution in [0.15, 0.2) is 48.5 Å². The van der Waals surface area contributed by atoms with Crippen molar-refractivity contribution in [1.82, 2.24) is 4.72 Å². The largest absolute Gasteiger partial charge is 0.375 e. The van der Waals surface area contributed by atoms with Gasteiger partial charge >= 0.3 is 0 Å². The van der Waals surface area contributed by atoms with Crippen molar-refractivity contribution in [2.24, 2.45) is 0 Å². The number of hydrogen-bond acceptors (Lipinski definition) is 3. The van der Waals surface area contributed by atoms with Crippen molar-refractivity contribution >= 4 is 10.0 Å². The summed E-state index contributed by atoms with van der Waals surface area (Å²) in [6, 6.07) is 11.4. The maximum atomic E-state index is 13.5. The number of nitrogens with one attached hydrogen (secondary N) is 1. The number of hydrogen-bond donors (Lipinski definition) is 1. The fourth-order valence-electron chi connectivity index (χ4n) is 2.12. The van der Waals surface area contributed by atoms with Gasteiger partial charge in [0.05, 0.1) is 11.9 Å². The zero-order valence-corrected chi connectivity index (χ0v) is 13.3. The average Bonchev–Trinajstić information content (AvgIpc) is 2.50. The van der Waals surface area contributed by atoms with Crippen LogP contribution in [0.4, 0.5) is 8.78 Å². The number of benzene rings is 2. The first-order chi connectivity index (χ1) is 10.9. The van der Waals surface area contributed by atoms with Crippen LogP contribution >= 0.6 is 0 Å². The highest BCUT2D eigenvalue weighted by molar-refractivity contribution is 7.88. The highest BCUT2D eigenvalue weighted by Gasteiger charge is 2.18. The molecule has 1 atom stereocenters. The number of halogens is 2. The predicted octanol–water partition coefficient (Wildman–Crippen LogP) is 2.77. The molecule has 4 nitrogen and oxygen atoms in total. The van der Waals surface area contributed by atoms with Gasteiger partial charge in [-0.15, -0.1) is 0 Å². The Morgan fingerprint density at radius 1 is 1.13 bits per heavy atom. The number of sulfonamides is 1. The molecule has 0 saturated heterocycles. The maximum Gasteiger partial charge on any atom is 0.215 e. The van der Waals surface area contributed by atoms with Crippen LogP contribution in [0.1, 0.15) is 17.2 Å². The van der Waals surface area contributed by atoms with E-state index in [1.165, 1.54) is 43.5 Å². The van der Waals surface area contributed by atoms with Crippen LogP contribution in [0.5, 0.6) is 0 Å². The zero-order chi connectivity index (χ0) is 16.9. The van der Waals surface area contributed by atoms with Crippen molar-refractivity contribution in [3.63, 3.8) is 0 Å². The van der Waals surface area contributed by atoms with Crippen LogP contribution in [0.25, 0.3) is 0 Å². The van der Waals surface area contributed by atoms with E-state index in [-0.39, 0.29) is 12.1 Å². The van der Waals surface area contributed by atoms with E-state index in [0.29, 0.717) is 5.56 Å². The molecular formula is C16H17F2NO3S. The molecule has 0 aliphatic heterocycles. The SMILES string of the molecule is COC(CNS(=O)(=O)Cc1ccccc1F)c1cccc(F)c1. The van der Waals surface area contributed by atoms with Crippen molar-refractivity contribution in [2.45, 2.75) is 11.9 Å². The average molecular weight is 341 g/mol. The lowest BCUT2D eigenvalue weighted by atomic mass is 10.1. The van der Waals surface area contributed by atoms with Crippen molar-refractivity contribution < 1.29 is 21.9 Å². The third-order valence-corrected chi connectivity index (χ3v) is 4.59. The fourth-order valence-corrected chi connectivity index (χ4v) is 3.27. The van der Waals surface area contributed by atoms with Crippen molar-refractivity contribution in [1.29, 1.82) is 0 Å². The quantitative estimate of drug-likeness (QED) is 0.842. The molecule has 0 heterocycles. The summed E-state index contributed by atoms with van der Waals surface area (Å²) in [4.78, 5) is 0. The molecule has 124 valence electrons. The molecule has 0 radical (unpaired) electrons. The summed E-state index contributed by atoms with van der Waals surface area (Å²) in [5.74, 6) is -1.48. The molecule has 2 rings (SSSR count). The fraction of sp³-hybridized carbons (Fsp3) is 0.250. The minimum absolute atomic E-state index is 0.0727. The van der Waals surface area contributed by atoms with Gasteiger partial charge in [0.1, 0.15) is 11.6 Å². The van der Waals surface area contributed by atoms with Gasteiger partial charge in [0, 0.05) is 19.2 Å². The van der Waals surface area contributed by atoms with Gasteiger partial charge in [-0.1, -0.05) is 30.3 Å². The van der Waals surface area contributed by atoms with E-state index in [1.54, 1.807) is 12.1 Å². The van der Waals surface area contributed by atoms with Crippen molar-refractivity contribution in [3.8, 4) is 0 Å². The molecular weight excluding hydrogens is 324 g/mol. The smallest absolute Gasteiger partial charge is 0.215 e. The summed E-state index contributed by atoms with van der Waals surface area (Å²) < 4.78 is 58.5. The van der Waals surface area contributed by atoms with Gasteiger partial charge in [-0.05, 0) is 23.8 Å². The standard InChI is InChI=1S/C16H17F2NO3S/c1-22-16(12-6-4-7-14(17)9-12)10-19-23(20,21)11-13-5-2-3-8-15(13)18/h2-9,16,19H,10-11H2,1H3. The van der Waals surface area contributed by atoms with Gasteiger partial charge < -0.3 is 4.74 Å². The van der Waals surface area contributed by atoms with Gasteiger partial charge in [-0.3, -0.25) is 0 Å². The third kappa shape index (κ3) is 5.09. The van der Waals surface area contributed by atoms with Gasteiger partial charge in [0.15, 0.2) is 0 Å². The molecule has 0 aliphatic rings. The lowest BCUT2D eigenvalue weighted by Gasteiger charge is -2.17. The van der Waals surface area contributed by atoms with E-state index in [9.17, 15) is 17.2 Å². The van der Waals surface area contributed by atoms with Crippen LogP contribution in [-0.2, 0) is 20.5 Å². The normalized spacial score (nSPS) is 13.0. The summed E-state index contributed by atoms with van der Waals surface area (Å²) in [7, 11) is -2.34. The first-order valence-corrected chi connectivity index (χ1v) is 8.55. The van der Waals surface area contributed by atoms with E-state index >= 15 is 0 Å².